The maximum absolute atomic E-state index is 13.2. The first-order chi connectivity index (χ1) is 20.4. The molecular formula is C32H37N5O4S. The number of sulfone groups is 1. The largest absolute Gasteiger partial charge is 0.437 e. The number of hydrogen-bond donors (Lipinski definition) is 2. The standard InChI is InChI=1S/C32H37N5O4S/c1-22-9-10-26-24(21-42(38,39)20-23-12-17-40-18-13-23)5-2-7-27(26)30(22)41-31-28(8-4-15-34-31)29-11-16-35-32(37-29)36-25-6-3-14-33-19-25/h2,4-5,7-11,15-16,23,25,33H,3,6,12-14,17-21H2,1H3,(H,35,36,37)/t25-/m0/s1. The molecule has 10 heteroatoms. The van der Waals surface area contributed by atoms with Gasteiger partial charge in [-0.15, -0.1) is 0 Å². The second-order valence-electron chi connectivity index (χ2n) is 11.2. The zero-order valence-corrected chi connectivity index (χ0v) is 24.7. The van der Waals surface area contributed by atoms with E-state index in [1.54, 1.807) is 12.4 Å². The van der Waals surface area contributed by atoms with Gasteiger partial charge in [0.25, 0.3) is 0 Å². The minimum atomic E-state index is -3.30. The molecule has 2 fully saturated rings. The zero-order chi connectivity index (χ0) is 28.9. The van der Waals surface area contributed by atoms with Crippen molar-refractivity contribution in [3.63, 3.8) is 0 Å². The van der Waals surface area contributed by atoms with Gasteiger partial charge in [0.1, 0.15) is 5.75 Å². The summed E-state index contributed by atoms with van der Waals surface area (Å²) in [4.78, 5) is 13.8. The Bertz CT molecular complexity index is 1650. The smallest absolute Gasteiger partial charge is 0.228 e. The average molecular weight is 588 g/mol. The molecule has 0 amide bonds. The van der Waals surface area contributed by atoms with Crippen LogP contribution < -0.4 is 15.4 Å². The molecule has 2 aromatic carbocycles. The number of piperidine rings is 1. The van der Waals surface area contributed by atoms with Gasteiger partial charge in [-0.05, 0) is 79.8 Å². The molecule has 42 heavy (non-hydrogen) atoms. The fourth-order valence-corrected chi connectivity index (χ4v) is 7.73. The van der Waals surface area contributed by atoms with Crippen molar-refractivity contribution < 1.29 is 17.9 Å². The van der Waals surface area contributed by atoms with Crippen LogP contribution >= 0.6 is 0 Å². The number of pyridine rings is 1. The molecule has 2 N–H and O–H groups in total. The molecule has 6 rings (SSSR count). The summed E-state index contributed by atoms with van der Waals surface area (Å²) >= 11 is 0. The van der Waals surface area contributed by atoms with Gasteiger partial charge >= 0.3 is 0 Å². The Kier molecular flexibility index (Phi) is 8.64. The highest BCUT2D eigenvalue weighted by molar-refractivity contribution is 7.90. The van der Waals surface area contributed by atoms with Crippen LogP contribution in [-0.2, 0) is 20.3 Å². The number of nitrogens with one attached hydrogen (secondary N) is 2. The molecule has 0 spiro atoms. The van der Waals surface area contributed by atoms with Crippen molar-refractivity contribution >= 4 is 26.6 Å². The molecule has 0 saturated carbocycles. The Balaban J connectivity index is 1.28. The van der Waals surface area contributed by atoms with E-state index in [4.69, 9.17) is 14.5 Å². The lowest BCUT2D eigenvalue weighted by Crippen LogP contribution is -2.38. The third kappa shape index (κ3) is 6.72. The van der Waals surface area contributed by atoms with E-state index >= 15 is 0 Å². The summed E-state index contributed by atoms with van der Waals surface area (Å²) in [6, 6.07) is 15.7. The van der Waals surface area contributed by atoms with E-state index in [1.807, 2.05) is 55.5 Å². The number of aromatic nitrogens is 3. The predicted molar refractivity (Wildman–Crippen MR) is 165 cm³/mol. The molecule has 0 radical (unpaired) electrons. The lowest BCUT2D eigenvalue weighted by Gasteiger charge is -2.23. The van der Waals surface area contributed by atoms with E-state index in [-0.39, 0.29) is 23.5 Å². The van der Waals surface area contributed by atoms with Gasteiger partial charge in [-0.1, -0.05) is 30.3 Å². The van der Waals surface area contributed by atoms with E-state index in [0.29, 0.717) is 36.5 Å². The fraction of sp³-hybridized carbons (Fsp3) is 0.406. The highest BCUT2D eigenvalue weighted by Crippen LogP contribution is 2.38. The molecule has 2 saturated heterocycles. The van der Waals surface area contributed by atoms with Gasteiger partial charge < -0.3 is 20.1 Å². The van der Waals surface area contributed by atoms with Crippen LogP contribution in [0.2, 0.25) is 0 Å². The molecule has 2 aromatic heterocycles. The second-order valence-corrected chi connectivity index (χ2v) is 13.4. The lowest BCUT2D eigenvalue weighted by atomic mass is 10.0. The number of benzene rings is 2. The molecule has 0 unspecified atom stereocenters. The minimum absolute atomic E-state index is 0.00768. The molecule has 0 bridgehead atoms. The molecule has 220 valence electrons. The summed E-state index contributed by atoms with van der Waals surface area (Å²) in [5, 5.41) is 8.56. The number of nitrogens with zero attached hydrogens (tertiary/aromatic N) is 3. The number of rotatable bonds is 9. The minimum Gasteiger partial charge on any atom is -0.437 e. The first-order valence-corrected chi connectivity index (χ1v) is 16.5. The first-order valence-electron chi connectivity index (χ1n) is 14.7. The highest BCUT2D eigenvalue weighted by Gasteiger charge is 2.24. The monoisotopic (exact) mass is 587 g/mol. The normalized spacial score (nSPS) is 18.2. The SMILES string of the molecule is Cc1ccc2c(CS(=O)(=O)CC3CCOCC3)cccc2c1Oc1ncccc1-c1ccnc(N[C@H]2CCCNC2)n1. The summed E-state index contributed by atoms with van der Waals surface area (Å²) in [6.45, 7) is 5.17. The van der Waals surface area contributed by atoms with Crippen molar-refractivity contribution in [2.24, 2.45) is 5.92 Å². The quantitative estimate of drug-likeness (QED) is 0.269. The molecule has 9 nitrogen and oxygen atoms in total. The van der Waals surface area contributed by atoms with Crippen LogP contribution in [0.4, 0.5) is 5.95 Å². The lowest BCUT2D eigenvalue weighted by molar-refractivity contribution is 0.0723. The Morgan fingerprint density at radius 3 is 2.71 bits per heavy atom. The van der Waals surface area contributed by atoms with Crippen molar-refractivity contribution in [1.82, 2.24) is 20.3 Å². The second kappa shape index (κ2) is 12.7. The Morgan fingerprint density at radius 2 is 1.88 bits per heavy atom. The van der Waals surface area contributed by atoms with Gasteiger partial charge in [-0.2, -0.15) is 0 Å². The van der Waals surface area contributed by atoms with Gasteiger partial charge in [-0.25, -0.2) is 23.4 Å². The number of ether oxygens (including phenoxy) is 2. The summed E-state index contributed by atoms with van der Waals surface area (Å²) in [5.74, 6) is 1.98. The maximum Gasteiger partial charge on any atom is 0.228 e. The molecule has 1 atom stereocenters. The summed E-state index contributed by atoms with van der Waals surface area (Å²) in [7, 11) is -3.30. The highest BCUT2D eigenvalue weighted by atomic mass is 32.2. The summed E-state index contributed by atoms with van der Waals surface area (Å²) in [6.07, 6.45) is 7.21. The van der Waals surface area contributed by atoms with Gasteiger partial charge in [0, 0.05) is 43.6 Å². The molecule has 2 aliphatic rings. The number of aryl methyl sites for hydroxylation is 1. The zero-order valence-electron chi connectivity index (χ0n) is 23.9. The number of hydrogen-bond acceptors (Lipinski definition) is 9. The maximum atomic E-state index is 13.2. The van der Waals surface area contributed by atoms with Crippen molar-refractivity contribution in [3.05, 3.63) is 72.1 Å². The summed E-state index contributed by atoms with van der Waals surface area (Å²) in [5.41, 5.74) is 3.15. The van der Waals surface area contributed by atoms with E-state index in [0.717, 1.165) is 66.2 Å². The van der Waals surface area contributed by atoms with Crippen LogP contribution in [0.1, 0.15) is 36.8 Å². The topological polar surface area (TPSA) is 115 Å². The van der Waals surface area contributed by atoms with Crippen molar-refractivity contribution in [2.75, 3.05) is 37.4 Å². The Labute approximate surface area is 247 Å². The van der Waals surface area contributed by atoms with Crippen molar-refractivity contribution in [2.45, 2.75) is 44.4 Å². The molecule has 0 aliphatic carbocycles. The van der Waals surface area contributed by atoms with Crippen LogP contribution in [0.3, 0.4) is 0 Å². The molecule has 2 aliphatic heterocycles. The fourth-order valence-electron chi connectivity index (χ4n) is 5.83. The Morgan fingerprint density at radius 1 is 1.00 bits per heavy atom. The third-order valence-electron chi connectivity index (χ3n) is 8.04. The molecule has 4 aromatic rings. The number of fused-ring (bicyclic) bond motifs is 1. The number of anilines is 1. The van der Waals surface area contributed by atoms with Gasteiger partial charge in [-0.3, -0.25) is 0 Å². The van der Waals surface area contributed by atoms with E-state index < -0.39 is 9.84 Å². The van der Waals surface area contributed by atoms with Crippen LogP contribution in [0.5, 0.6) is 11.6 Å². The Hall–Kier alpha value is -3.60. The van der Waals surface area contributed by atoms with E-state index in [9.17, 15) is 8.42 Å². The van der Waals surface area contributed by atoms with Crippen LogP contribution in [0.25, 0.3) is 22.0 Å². The van der Waals surface area contributed by atoms with E-state index in [1.165, 1.54) is 0 Å². The average Bonchev–Trinajstić information content (AvgIpc) is 3.00. The van der Waals surface area contributed by atoms with Gasteiger partial charge in [0.2, 0.25) is 11.8 Å². The van der Waals surface area contributed by atoms with Crippen molar-refractivity contribution in [3.8, 4) is 22.9 Å². The summed E-state index contributed by atoms with van der Waals surface area (Å²) < 4.78 is 38.4. The van der Waals surface area contributed by atoms with E-state index in [2.05, 4.69) is 20.6 Å². The van der Waals surface area contributed by atoms with Crippen LogP contribution in [0, 0.1) is 12.8 Å². The molecule has 4 heterocycles. The van der Waals surface area contributed by atoms with Crippen LogP contribution in [-0.4, -0.2) is 61.5 Å². The molecular weight excluding hydrogens is 550 g/mol. The van der Waals surface area contributed by atoms with Gasteiger partial charge in [0.05, 0.1) is 22.8 Å². The predicted octanol–water partition coefficient (Wildman–Crippen LogP) is 5.30. The van der Waals surface area contributed by atoms with Gasteiger partial charge in [0.15, 0.2) is 9.84 Å². The first kappa shape index (κ1) is 28.5. The van der Waals surface area contributed by atoms with Crippen molar-refractivity contribution in [1.29, 1.82) is 0 Å². The third-order valence-corrected chi connectivity index (χ3v) is 9.77. The van der Waals surface area contributed by atoms with Crippen LogP contribution in [0.15, 0.2) is 60.9 Å².